The van der Waals surface area contributed by atoms with Crippen molar-refractivity contribution in [2.75, 3.05) is 5.32 Å². The van der Waals surface area contributed by atoms with E-state index in [0.29, 0.717) is 12.1 Å². The quantitative estimate of drug-likeness (QED) is 0.885. The predicted molar refractivity (Wildman–Crippen MR) is 73.6 cm³/mol. The van der Waals surface area contributed by atoms with Crippen LogP contribution < -0.4 is 11.1 Å². The van der Waals surface area contributed by atoms with Crippen LogP contribution >= 0.6 is 0 Å². The first-order chi connectivity index (χ1) is 9.82. The standard InChI is InChI=1S/C13H16F2N2O3S/c14-13(15)21(19,20)9-6-4-8(5-7-9)17-12(18)10-2-1-3-11(10)16/h4-7,10-11,13H,1-3,16H2,(H,17,18). The lowest BCUT2D eigenvalue weighted by Gasteiger charge is -2.15. The molecule has 1 fully saturated rings. The number of nitrogens with two attached hydrogens (primary N) is 1. The van der Waals surface area contributed by atoms with E-state index in [0.717, 1.165) is 25.0 Å². The van der Waals surface area contributed by atoms with Crippen molar-refractivity contribution in [3.8, 4) is 0 Å². The number of carbonyl (C=O) groups is 1. The minimum absolute atomic E-state index is 0.177. The molecule has 1 saturated carbocycles. The van der Waals surface area contributed by atoms with Crippen LogP contribution in [0, 0.1) is 5.92 Å². The van der Waals surface area contributed by atoms with E-state index >= 15 is 0 Å². The molecule has 1 aromatic rings. The van der Waals surface area contributed by atoms with E-state index in [1.807, 2.05) is 0 Å². The number of alkyl halides is 2. The highest BCUT2D eigenvalue weighted by atomic mass is 32.2. The number of benzene rings is 1. The largest absolute Gasteiger partial charge is 0.341 e. The van der Waals surface area contributed by atoms with Gasteiger partial charge in [-0.25, -0.2) is 8.42 Å². The Hall–Kier alpha value is -1.54. The van der Waals surface area contributed by atoms with Crippen LogP contribution in [0.5, 0.6) is 0 Å². The van der Waals surface area contributed by atoms with Gasteiger partial charge in [0.25, 0.3) is 0 Å². The first-order valence-corrected chi connectivity index (χ1v) is 8.05. The van der Waals surface area contributed by atoms with Crippen LogP contribution in [0.25, 0.3) is 0 Å². The Balaban J connectivity index is 2.08. The second kappa shape index (κ2) is 6.07. The third-order valence-electron chi connectivity index (χ3n) is 3.59. The highest BCUT2D eigenvalue weighted by molar-refractivity contribution is 7.91. The second-order valence-electron chi connectivity index (χ2n) is 5.02. The van der Waals surface area contributed by atoms with Crippen molar-refractivity contribution >= 4 is 21.4 Å². The van der Waals surface area contributed by atoms with Gasteiger partial charge in [-0.3, -0.25) is 4.79 Å². The van der Waals surface area contributed by atoms with Crippen molar-refractivity contribution in [3.63, 3.8) is 0 Å². The molecule has 1 aliphatic rings. The lowest BCUT2D eigenvalue weighted by Crippen LogP contribution is -2.34. The molecule has 1 aliphatic carbocycles. The highest BCUT2D eigenvalue weighted by Gasteiger charge is 2.30. The number of halogens is 2. The number of carbonyl (C=O) groups excluding carboxylic acids is 1. The van der Waals surface area contributed by atoms with Gasteiger partial charge < -0.3 is 11.1 Å². The van der Waals surface area contributed by atoms with E-state index in [2.05, 4.69) is 5.32 Å². The van der Waals surface area contributed by atoms with E-state index in [1.54, 1.807) is 0 Å². The summed E-state index contributed by atoms with van der Waals surface area (Å²) in [5.41, 5.74) is 6.18. The fourth-order valence-corrected chi connectivity index (χ4v) is 3.10. The molecule has 0 bridgehead atoms. The molecule has 116 valence electrons. The van der Waals surface area contributed by atoms with Gasteiger partial charge in [-0.15, -0.1) is 0 Å². The van der Waals surface area contributed by atoms with E-state index in [1.165, 1.54) is 12.1 Å². The monoisotopic (exact) mass is 318 g/mol. The Morgan fingerprint density at radius 3 is 2.33 bits per heavy atom. The molecular formula is C13H16F2N2O3S. The first-order valence-electron chi connectivity index (χ1n) is 6.51. The molecule has 1 amide bonds. The van der Waals surface area contributed by atoms with Crippen molar-refractivity contribution in [2.45, 2.75) is 36.0 Å². The normalized spacial score (nSPS) is 22.5. The minimum atomic E-state index is -4.61. The van der Waals surface area contributed by atoms with Crippen LogP contribution in [0.2, 0.25) is 0 Å². The van der Waals surface area contributed by atoms with Crippen LogP contribution in [0.4, 0.5) is 14.5 Å². The fourth-order valence-electron chi connectivity index (χ4n) is 2.38. The predicted octanol–water partition coefficient (Wildman–Crippen LogP) is 1.75. The molecule has 0 heterocycles. The Kier molecular flexibility index (Phi) is 4.58. The lowest BCUT2D eigenvalue weighted by molar-refractivity contribution is -0.120. The van der Waals surface area contributed by atoms with Gasteiger partial charge in [-0.1, -0.05) is 6.42 Å². The molecule has 21 heavy (non-hydrogen) atoms. The highest BCUT2D eigenvalue weighted by Crippen LogP contribution is 2.26. The third kappa shape index (κ3) is 3.38. The maximum atomic E-state index is 12.4. The molecule has 8 heteroatoms. The SMILES string of the molecule is NC1CCCC1C(=O)Nc1ccc(S(=O)(=O)C(F)F)cc1. The number of sulfone groups is 1. The van der Waals surface area contributed by atoms with E-state index < -0.39 is 20.5 Å². The molecule has 2 rings (SSSR count). The van der Waals surface area contributed by atoms with Crippen LogP contribution in [-0.4, -0.2) is 26.1 Å². The molecule has 1 aromatic carbocycles. The summed E-state index contributed by atoms with van der Waals surface area (Å²) >= 11 is 0. The van der Waals surface area contributed by atoms with Crippen molar-refractivity contribution in [1.29, 1.82) is 0 Å². The molecule has 0 aliphatic heterocycles. The number of anilines is 1. The smallest absolute Gasteiger partial charge is 0.327 e. The first kappa shape index (κ1) is 15.8. The third-order valence-corrected chi connectivity index (χ3v) is 4.99. The van der Waals surface area contributed by atoms with E-state index in [4.69, 9.17) is 5.73 Å². The summed E-state index contributed by atoms with van der Waals surface area (Å²) in [6.07, 6.45) is 2.40. The molecule has 0 radical (unpaired) electrons. The van der Waals surface area contributed by atoms with Gasteiger partial charge >= 0.3 is 5.76 Å². The van der Waals surface area contributed by atoms with Crippen LogP contribution in [0.15, 0.2) is 29.2 Å². The number of nitrogens with one attached hydrogen (secondary N) is 1. The fraction of sp³-hybridized carbons (Fsp3) is 0.462. The molecule has 3 N–H and O–H groups in total. The summed E-state index contributed by atoms with van der Waals surface area (Å²) in [5.74, 6) is -3.96. The maximum absolute atomic E-state index is 12.4. The summed E-state index contributed by atoms with van der Waals surface area (Å²) < 4.78 is 47.3. The zero-order valence-electron chi connectivity index (χ0n) is 11.1. The number of rotatable bonds is 4. The van der Waals surface area contributed by atoms with Gasteiger partial charge in [0.2, 0.25) is 15.7 Å². The second-order valence-corrected chi connectivity index (χ2v) is 6.94. The van der Waals surface area contributed by atoms with E-state index in [-0.39, 0.29) is 17.9 Å². The average molecular weight is 318 g/mol. The number of hydrogen-bond donors (Lipinski definition) is 2. The maximum Gasteiger partial charge on any atom is 0.341 e. The summed E-state index contributed by atoms with van der Waals surface area (Å²) in [6.45, 7) is 0. The average Bonchev–Trinajstić information content (AvgIpc) is 2.85. The lowest BCUT2D eigenvalue weighted by atomic mass is 10.0. The topological polar surface area (TPSA) is 89.3 Å². The molecule has 0 aromatic heterocycles. The molecule has 5 nitrogen and oxygen atoms in total. The van der Waals surface area contributed by atoms with Gasteiger partial charge in [-0.05, 0) is 37.1 Å². The Morgan fingerprint density at radius 1 is 1.24 bits per heavy atom. The summed E-state index contributed by atoms with van der Waals surface area (Å²) in [7, 11) is -4.61. The Morgan fingerprint density at radius 2 is 1.86 bits per heavy atom. The molecule has 0 saturated heterocycles. The minimum Gasteiger partial charge on any atom is -0.327 e. The summed E-state index contributed by atoms with van der Waals surface area (Å²) in [4.78, 5) is 11.5. The zero-order chi connectivity index (χ0) is 15.6. The molecule has 2 unspecified atom stereocenters. The van der Waals surface area contributed by atoms with Crippen molar-refractivity contribution < 1.29 is 22.0 Å². The van der Waals surface area contributed by atoms with Gasteiger partial charge in [-0.2, -0.15) is 8.78 Å². The van der Waals surface area contributed by atoms with E-state index in [9.17, 15) is 22.0 Å². The van der Waals surface area contributed by atoms with Crippen LogP contribution in [0.1, 0.15) is 19.3 Å². The molecular weight excluding hydrogens is 302 g/mol. The van der Waals surface area contributed by atoms with Crippen LogP contribution in [-0.2, 0) is 14.6 Å². The van der Waals surface area contributed by atoms with Crippen molar-refractivity contribution in [2.24, 2.45) is 11.7 Å². The van der Waals surface area contributed by atoms with Gasteiger partial charge in [0.1, 0.15) is 0 Å². The zero-order valence-corrected chi connectivity index (χ0v) is 11.9. The Bertz CT molecular complexity index is 617. The molecule has 2 atom stereocenters. The molecule has 0 spiro atoms. The van der Waals surface area contributed by atoms with Crippen LogP contribution in [0.3, 0.4) is 0 Å². The van der Waals surface area contributed by atoms with Gasteiger partial charge in [0, 0.05) is 11.7 Å². The number of hydrogen-bond acceptors (Lipinski definition) is 4. The Labute approximate surface area is 121 Å². The summed E-state index contributed by atoms with van der Waals surface area (Å²) in [6, 6.07) is 4.49. The van der Waals surface area contributed by atoms with Crippen molar-refractivity contribution in [1.82, 2.24) is 0 Å². The number of amides is 1. The van der Waals surface area contributed by atoms with Gasteiger partial charge in [0.15, 0.2) is 0 Å². The van der Waals surface area contributed by atoms with Crippen molar-refractivity contribution in [3.05, 3.63) is 24.3 Å². The van der Waals surface area contributed by atoms with Gasteiger partial charge in [0.05, 0.1) is 10.8 Å². The summed E-state index contributed by atoms with van der Waals surface area (Å²) in [5, 5.41) is 2.62.